The minimum atomic E-state index is 0.107. The first-order valence-corrected chi connectivity index (χ1v) is 9.52. The third-order valence-corrected chi connectivity index (χ3v) is 6.67. The Morgan fingerprint density at radius 3 is 2.26 bits per heavy atom. The summed E-state index contributed by atoms with van der Waals surface area (Å²) >= 11 is 12.1. The van der Waals surface area contributed by atoms with Gasteiger partial charge >= 0.3 is 0 Å². The molecular formula is C19H23Cl2NO. The van der Waals surface area contributed by atoms with Gasteiger partial charge in [0.2, 0.25) is 5.91 Å². The quantitative estimate of drug-likeness (QED) is 0.811. The topological polar surface area (TPSA) is 29.1 Å². The van der Waals surface area contributed by atoms with E-state index in [-0.39, 0.29) is 11.4 Å². The van der Waals surface area contributed by atoms with E-state index in [1.807, 2.05) is 12.1 Å². The zero-order chi connectivity index (χ0) is 16.0. The monoisotopic (exact) mass is 351 g/mol. The maximum atomic E-state index is 12.5. The van der Waals surface area contributed by atoms with Crippen LogP contribution in [0.3, 0.4) is 0 Å². The summed E-state index contributed by atoms with van der Waals surface area (Å²) in [4.78, 5) is 12.5. The number of carbonyl (C=O) groups excluding carboxylic acids is 1. The van der Waals surface area contributed by atoms with E-state index in [0.29, 0.717) is 22.9 Å². The Bertz CT molecular complexity index is 593. The summed E-state index contributed by atoms with van der Waals surface area (Å²) in [5.41, 5.74) is 1.10. The summed E-state index contributed by atoms with van der Waals surface area (Å²) in [6, 6.07) is 5.50. The maximum Gasteiger partial charge on any atom is 0.220 e. The fraction of sp³-hybridized carbons (Fsp3) is 0.632. The van der Waals surface area contributed by atoms with Crippen molar-refractivity contribution < 1.29 is 4.79 Å². The fourth-order valence-corrected chi connectivity index (χ4v) is 6.10. The predicted molar refractivity (Wildman–Crippen MR) is 93.8 cm³/mol. The molecule has 4 aliphatic carbocycles. The van der Waals surface area contributed by atoms with Crippen LogP contribution in [-0.2, 0) is 11.2 Å². The molecule has 124 valence electrons. The van der Waals surface area contributed by atoms with Crippen molar-refractivity contribution in [2.45, 2.75) is 56.9 Å². The van der Waals surface area contributed by atoms with E-state index in [1.165, 1.54) is 38.5 Å². The number of amides is 1. The van der Waals surface area contributed by atoms with E-state index in [2.05, 4.69) is 5.32 Å². The second-order valence-electron chi connectivity index (χ2n) is 7.98. The standard InChI is InChI=1S/C19H23Cl2NO/c20-16-3-1-15(17(21)8-16)2-4-18(23)22-19-9-12-5-13(10-19)7-14(6-12)11-19/h1,3,8,12-14H,2,4-7,9-11H2,(H,22,23). The lowest BCUT2D eigenvalue weighted by Gasteiger charge is -2.56. The van der Waals surface area contributed by atoms with Gasteiger partial charge in [-0.3, -0.25) is 4.79 Å². The lowest BCUT2D eigenvalue weighted by molar-refractivity contribution is -0.126. The zero-order valence-corrected chi connectivity index (χ0v) is 14.8. The fourth-order valence-electron chi connectivity index (χ4n) is 5.59. The second kappa shape index (κ2) is 5.97. The van der Waals surface area contributed by atoms with Crippen molar-refractivity contribution in [2.24, 2.45) is 17.8 Å². The maximum absolute atomic E-state index is 12.5. The molecule has 0 unspecified atom stereocenters. The molecule has 5 rings (SSSR count). The Balaban J connectivity index is 1.37. The molecule has 0 aliphatic heterocycles. The number of hydrogen-bond acceptors (Lipinski definition) is 1. The summed E-state index contributed by atoms with van der Waals surface area (Å²) in [5.74, 6) is 2.74. The van der Waals surface area contributed by atoms with Crippen LogP contribution in [0.1, 0.15) is 50.5 Å². The van der Waals surface area contributed by atoms with E-state index in [0.717, 1.165) is 23.3 Å². The summed E-state index contributed by atoms with van der Waals surface area (Å²) in [7, 11) is 0. The largest absolute Gasteiger partial charge is 0.351 e. The molecule has 0 atom stereocenters. The van der Waals surface area contributed by atoms with Gasteiger partial charge in [0.05, 0.1) is 0 Å². The normalized spacial score (nSPS) is 34.6. The lowest BCUT2D eigenvalue weighted by Crippen LogP contribution is -2.59. The molecule has 1 amide bonds. The highest BCUT2D eigenvalue weighted by molar-refractivity contribution is 6.35. The van der Waals surface area contributed by atoms with Gasteiger partial charge < -0.3 is 5.32 Å². The highest BCUT2D eigenvalue weighted by atomic mass is 35.5. The van der Waals surface area contributed by atoms with Crippen LogP contribution < -0.4 is 5.32 Å². The molecule has 0 radical (unpaired) electrons. The molecular weight excluding hydrogens is 329 g/mol. The van der Waals surface area contributed by atoms with Gasteiger partial charge in [-0.15, -0.1) is 0 Å². The first kappa shape index (κ1) is 15.8. The molecule has 23 heavy (non-hydrogen) atoms. The van der Waals surface area contributed by atoms with E-state index in [1.54, 1.807) is 6.07 Å². The SMILES string of the molecule is O=C(CCc1ccc(Cl)cc1Cl)NC12CC3CC(CC(C3)C1)C2. The number of hydrogen-bond donors (Lipinski definition) is 1. The Kier molecular flexibility index (Phi) is 4.09. The average molecular weight is 352 g/mol. The molecule has 1 aromatic rings. The number of nitrogens with one attached hydrogen (secondary N) is 1. The van der Waals surface area contributed by atoms with Gasteiger partial charge in [-0.05, 0) is 80.4 Å². The van der Waals surface area contributed by atoms with Crippen molar-refractivity contribution in [1.82, 2.24) is 5.32 Å². The minimum Gasteiger partial charge on any atom is -0.351 e. The summed E-state index contributed by atoms with van der Waals surface area (Å²) in [6.07, 6.45) is 8.98. The predicted octanol–water partition coefficient (Wildman–Crippen LogP) is 5.01. The number of benzene rings is 1. The van der Waals surface area contributed by atoms with Crippen molar-refractivity contribution in [1.29, 1.82) is 0 Å². The van der Waals surface area contributed by atoms with Crippen molar-refractivity contribution in [3.8, 4) is 0 Å². The van der Waals surface area contributed by atoms with Gasteiger partial charge in [0, 0.05) is 22.0 Å². The van der Waals surface area contributed by atoms with Gasteiger partial charge in [-0.1, -0.05) is 29.3 Å². The number of carbonyl (C=O) groups is 1. The second-order valence-corrected chi connectivity index (χ2v) is 8.83. The van der Waals surface area contributed by atoms with Gasteiger partial charge in [-0.25, -0.2) is 0 Å². The van der Waals surface area contributed by atoms with Crippen molar-refractivity contribution in [3.63, 3.8) is 0 Å². The van der Waals surface area contributed by atoms with Crippen LogP contribution in [0, 0.1) is 17.8 Å². The smallest absolute Gasteiger partial charge is 0.220 e. The van der Waals surface area contributed by atoms with Crippen LogP contribution in [0.25, 0.3) is 0 Å². The number of rotatable bonds is 4. The molecule has 4 aliphatic rings. The Labute approximate surface area is 147 Å². The average Bonchev–Trinajstić information content (AvgIpc) is 2.44. The Hall–Kier alpha value is -0.730. The Morgan fingerprint density at radius 1 is 1.09 bits per heavy atom. The molecule has 2 nitrogen and oxygen atoms in total. The van der Waals surface area contributed by atoms with Gasteiger partial charge in [0.1, 0.15) is 0 Å². The summed E-state index contributed by atoms with van der Waals surface area (Å²) in [6.45, 7) is 0. The van der Waals surface area contributed by atoms with Crippen LogP contribution in [0.15, 0.2) is 18.2 Å². The van der Waals surface area contributed by atoms with Crippen molar-refractivity contribution in [2.75, 3.05) is 0 Å². The number of aryl methyl sites for hydroxylation is 1. The van der Waals surface area contributed by atoms with E-state index in [9.17, 15) is 4.79 Å². The van der Waals surface area contributed by atoms with E-state index >= 15 is 0 Å². The van der Waals surface area contributed by atoms with Crippen LogP contribution >= 0.6 is 23.2 Å². The first-order chi connectivity index (χ1) is 11.0. The molecule has 0 saturated heterocycles. The lowest BCUT2D eigenvalue weighted by atomic mass is 9.53. The molecule has 0 aromatic heterocycles. The van der Waals surface area contributed by atoms with Gasteiger partial charge in [-0.2, -0.15) is 0 Å². The molecule has 0 heterocycles. The molecule has 4 heteroatoms. The molecule has 0 spiro atoms. The van der Waals surface area contributed by atoms with Crippen LogP contribution in [-0.4, -0.2) is 11.4 Å². The zero-order valence-electron chi connectivity index (χ0n) is 13.3. The highest BCUT2D eigenvalue weighted by Crippen LogP contribution is 2.55. The molecule has 4 saturated carbocycles. The third-order valence-electron chi connectivity index (χ3n) is 6.08. The molecule has 1 N–H and O–H groups in total. The molecule has 4 fully saturated rings. The van der Waals surface area contributed by atoms with E-state index in [4.69, 9.17) is 23.2 Å². The Morgan fingerprint density at radius 2 is 1.70 bits per heavy atom. The van der Waals surface area contributed by atoms with Crippen LogP contribution in [0.5, 0.6) is 0 Å². The molecule has 1 aromatic carbocycles. The minimum absolute atomic E-state index is 0.107. The van der Waals surface area contributed by atoms with Crippen molar-refractivity contribution >= 4 is 29.1 Å². The van der Waals surface area contributed by atoms with Gasteiger partial charge in [0.15, 0.2) is 0 Å². The summed E-state index contributed by atoms with van der Waals surface area (Å²) < 4.78 is 0. The highest BCUT2D eigenvalue weighted by Gasteiger charge is 2.51. The van der Waals surface area contributed by atoms with Crippen LogP contribution in [0.4, 0.5) is 0 Å². The van der Waals surface area contributed by atoms with Crippen LogP contribution in [0.2, 0.25) is 10.0 Å². The first-order valence-electron chi connectivity index (χ1n) is 8.76. The van der Waals surface area contributed by atoms with Gasteiger partial charge in [0.25, 0.3) is 0 Å². The summed E-state index contributed by atoms with van der Waals surface area (Å²) in [5, 5.41) is 4.71. The number of halogens is 2. The molecule has 4 bridgehead atoms. The van der Waals surface area contributed by atoms with E-state index < -0.39 is 0 Å². The third kappa shape index (κ3) is 3.25. The van der Waals surface area contributed by atoms with Crippen molar-refractivity contribution in [3.05, 3.63) is 33.8 Å².